The summed E-state index contributed by atoms with van der Waals surface area (Å²) in [6, 6.07) is 0. The Balaban J connectivity index is 1.39. The smallest absolute Gasteiger partial charge is 0.0797 e. The van der Waals surface area contributed by atoms with Gasteiger partial charge < -0.3 is 4.18 Å². The van der Waals surface area contributed by atoms with Crippen molar-refractivity contribution in [2.75, 3.05) is 6.61 Å². The van der Waals surface area contributed by atoms with E-state index in [-0.39, 0.29) is 0 Å². The Bertz CT molecular complexity index is 542. The van der Waals surface area contributed by atoms with Crippen LogP contribution in [0.25, 0.3) is 0 Å². The quantitative estimate of drug-likeness (QED) is 0.249. The predicted octanol–water partition coefficient (Wildman–Crippen LogP) is 7.93. The van der Waals surface area contributed by atoms with Crippen LogP contribution in [-0.4, -0.2) is 6.61 Å². The summed E-state index contributed by atoms with van der Waals surface area (Å²) in [7, 11) is 0. The van der Waals surface area contributed by atoms with Gasteiger partial charge in [-0.1, -0.05) is 38.3 Å². The van der Waals surface area contributed by atoms with Crippen LogP contribution in [0.2, 0.25) is 0 Å². The summed E-state index contributed by atoms with van der Waals surface area (Å²) < 4.78 is 5.40. The third kappa shape index (κ3) is 3.82. The van der Waals surface area contributed by atoms with Crippen LogP contribution in [0.4, 0.5) is 0 Å². The zero-order valence-corrected chi connectivity index (χ0v) is 18.3. The van der Waals surface area contributed by atoms with Crippen LogP contribution < -0.4 is 0 Å². The third-order valence-electron chi connectivity index (χ3n) is 9.32. The Labute approximate surface area is 172 Å². The molecule has 4 aliphatic carbocycles. The molecule has 6 atom stereocenters. The molecule has 4 saturated carbocycles. The molecule has 0 aromatic heterocycles. The first-order valence-electron chi connectivity index (χ1n) is 11.7. The van der Waals surface area contributed by atoms with Gasteiger partial charge in [0.05, 0.1) is 6.61 Å². The molecule has 2 heteroatoms. The van der Waals surface area contributed by atoms with E-state index in [0.717, 1.165) is 23.7 Å². The summed E-state index contributed by atoms with van der Waals surface area (Å²) in [5, 5.41) is 2.14. The first-order valence-corrected chi connectivity index (χ1v) is 12.5. The predicted molar refractivity (Wildman–Crippen MR) is 117 cm³/mol. The average Bonchev–Trinajstić information content (AvgIpc) is 3.11. The lowest BCUT2D eigenvalue weighted by molar-refractivity contribution is -0.108. The first kappa shape index (κ1) is 20.1. The maximum Gasteiger partial charge on any atom is 0.0797 e. The van der Waals surface area contributed by atoms with Crippen LogP contribution in [0.15, 0.2) is 24.1 Å². The standard InChI is InChI=1S/C25H40OS/c1-3-18-26-27-19-7-6-15-25-16-8-10-23(25)21-12-11-20-9-4-5-14-24(20,2)22(21)13-17-25/h3,7,19-23H,1,4-6,8-18H2,2H3/t20?,21-,22+,23+,24+,25+/m1/s1. The zero-order valence-electron chi connectivity index (χ0n) is 17.5. The summed E-state index contributed by atoms with van der Waals surface area (Å²) in [5.41, 5.74) is 1.37. The van der Waals surface area contributed by atoms with Gasteiger partial charge in [-0.2, -0.15) is 0 Å². The van der Waals surface area contributed by atoms with Gasteiger partial charge in [-0.05, 0) is 104 Å². The molecular weight excluding hydrogens is 348 g/mol. The Kier molecular flexibility index (Phi) is 6.44. The van der Waals surface area contributed by atoms with Crippen LogP contribution in [0, 0.1) is 34.5 Å². The van der Waals surface area contributed by atoms with Crippen molar-refractivity contribution in [1.82, 2.24) is 0 Å². The molecule has 0 bridgehead atoms. The lowest BCUT2D eigenvalue weighted by Gasteiger charge is -2.60. The van der Waals surface area contributed by atoms with Gasteiger partial charge in [0.25, 0.3) is 0 Å². The highest BCUT2D eigenvalue weighted by Gasteiger charge is 2.58. The number of rotatable bonds is 7. The fraction of sp³-hybridized carbons (Fsp3) is 0.840. The van der Waals surface area contributed by atoms with E-state index < -0.39 is 0 Å². The lowest BCUT2D eigenvalue weighted by Crippen LogP contribution is -2.52. The van der Waals surface area contributed by atoms with Crippen molar-refractivity contribution in [2.45, 2.75) is 90.4 Å². The molecule has 0 N–H and O–H groups in total. The van der Waals surface area contributed by atoms with E-state index in [4.69, 9.17) is 4.18 Å². The second kappa shape index (κ2) is 8.66. The minimum atomic E-state index is 0.629. The van der Waals surface area contributed by atoms with Crippen LogP contribution in [-0.2, 0) is 4.18 Å². The molecule has 4 fully saturated rings. The summed E-state index contributed by atoms with van der Waals surface area (Å²) in [5.74, 6) is 4.19. The van der Waals surface area contributed by atoms with Gasteiger partial charge in [-0.25, -0.2) is 0 Å². The van der Waals surface area contributed by atoms with Crippen molar-refractivity contribution < 1.29 is 4.18 Å². The van der Waals surface area contributed by atoms with Crippen molar-refractivity contribution in [3.8, 4) is 0 Å². The molecule has 4 rings (SSSR count). The van der Waals surface area contributed by atoms with Gasteiger partial charge in [0.2, 0.25) is 0 Å². The molecule has 0 radical (unpaired) electrons. The molecule has 0 aliphatic heterocycles. The third-order valence-corrected chi connectivity index (χ3v) is 9.90. The van der Waals surface area contributed by atoms with E-state index >= 15 is 0 Å². The monoisotopic (exact) mass is 388 g/mol. The highest BCUT2D eigenvalue weighted by molar-refractivity contribution is 7.97. The highest BCUT2D eigenvalue weighted by Crippen LogP contribution is 2.67. The molecule has 27 heavy (non-hydrogen) atoms. The minimum Gasteiger partial charge on any atom is -0.307 e. The first-order chi connectivity index (χ1) is 13.2. The van der Waals surface area contributed by atoms with Crippen molar-refractivity contribution in [2.24, 2.45) is 34.5 Å². The summed E-state index contributed by atoms with van der Waals surface area (Å²) >= 11 is 1.47. The second-order valence-electron chi connectivity index (χ2n) is 10.3. The van der Waals surface area contributed by atoms with Gasteiger partial charge in [-0.15, -0.1) is 6.58 Å². The van der Waals surface area contributed by atoms with Crippen molar-refractivity contribution >= 4 is 12.0 Å². The highest BCUT2D eigenvalue weighted by atomic mass is 32.2. The SMILES string of the molecule is C=CCOSC=CCC[C@@]12CCC[C@H]1[C@@H]1CCC3CCCC[C@]3(C)[C@H]1CC2. The lowest BCUT2D eigenvalue weighted by atomic mass is 9.45. The van der Waals surface area contributed by atoms with Crippen molar-refractivity contribution in [3.05, 3.63) is 24.1 Å². The molecule has 1 unspecified atom stereocenters. The van der Waals surface area contributed by atoms with Gasteiger partial charge in [0, 0.05) is 12.0 Å². The Hall–Kier alpha value is -0.210. The largest absolute Gasteiger partial charge is 0.307 e. The van der Waals surface area contributed by atoms with Crippen LogP contribution in [0.5, 0.6) is 0 Å². The van der Waals surface area contributed by atoms with Crippen molar-refractivity contribution in [1.29, 1.82) is 0 Å². The summed E-state index contributed by atoms with van der Waals surface area (Å²) in [4.78, 5) is 0. The molecule has 1 nitrogen and oxygen atoms in total. The molecule has 0 aromatic rings. The molecule has 0 saturated heterocycles. The Morgan fingerprint density at radius 3 is 2.81 bits per heavy atom. The van der Waals surface area contributed by atoms with E-state index in [1.165, 1.54) is 82.7 Å². The molecule has 4 aliphatic rings. The molecule has 0 amide bonds. The average molecular weight is 389 g/mol. The van der Waals surface area contributed by atoms with Gasteiger partial charge in [0.15, 0.2) is 0 Å². The topological polar surface area (TPSA) is 9.23 Å². The Morgan fingerprint density at radius 1 is 1.00 bits per heavy atom. The van der Waals surface area contributed by atoms with E-state index in [1.807, 2.05) is 6.08 Å². The van der Waals surface area contributed by atoms with Gasteiger partial charge in [0.1, 0.15) is 0 Å². The normalized spacial score (nSPS) is 43.9. The van der Waals surface area contributed by atoms with E-state index in [2.05, 4.69) is 25.0 Å². The van der Waals surface area contributed by atoms with Crippen molar-refractivity contribution in [3.63, 3.8) is 0 Å². The maximum absolute atomic E-state index is 5.40. The zero-order chi connectivity index (χ0) is 18.7. The van der Waals surface area contributed by atoms with Crippen LogP contribution in [0.3, 0.4) is 0 Å². The number of hydrogen-bond acceptors (Lipinski definition) is 2. The fourth-order valence-corrected chi connectivity index (χ4v) is 8.60. The molecular formula is C25H40OS. The second-order valence-corrected chi connectivity index (χ2v) is 11.0. The Morgan fingerprint density at radius 2 is 1.93 bits per heavy atom. The van der Waals surface area contributed by atoms with E-state index in [9.17, 15) is 0 Å². The summed E-state index contributed by atoms with van der Waals surface area (Å²) in [6.45, 7) is 7.03. The van der Waals surface area contributed by atoms with Gasteiger partial charge in [-0.3, -0.25) is 0 Å². The number of fused-ring (bicyclic) bond motifs is 5. The van der Waals surface area contributed by atoms with E-state index in [0.29, 0.717) is 17.4 Å². The number of hydrogen-bond donors (Lipinski definition) is 0. The van der Waals surface area contributed by atoms with E-state index in [1.54, 1.807) is 12.8 Å². The number of allylic oxidation sites excluding steroid dienone is 1. The van der Waals surface area contributed by atoms with Crippen LogP contribution >= 0.6 is 12.0 Å². The molecule has 0 spiro atoms. The molecule has 0 aromatic carbocycles. The minimum absolute atomic E-state index is 0.629. The van der Waals surface area contributed by atoms with Crippen LogP contribution in [0.1, 0.15) is 90.4 Å². The maximum atomic E-state index is 5.40. The fourth-order valence-electron chi connectivity index (χ4n) is 8.13. The summed E-state index contributed by atoms with van der Waals surface area (Å²) in [6.07, 6.45) is 23.6. The molecule has 152 valence electrons. The van der Waals surface area contributed by atoms with Gasteiger partial charge >= 0.3 is 0 Å². The molecule has 0 heterocycles.